The zero-order valence-electron chi connectivity index (χ0n) is 13.0. The van der Waals surface area contributed by atoms with E-state index in [1.165, 1.54) is 31.2 Å². The minimum Gasteiger partial charge on any atom is -0.444 e. The second-order valence-corrected chi connectivity index (χ2v) is 6.34. The van der Waals surface area contributed by atoms with Crippen LogP contribution in [-0.4, -0.2) is 24.0 Å². The first-order valence-electron chi connectivity index (χ1n) is 7.88. The summed E-state index contributed by atoms with van der Waals surface area (Å²) in [5.74, 6) is 2.82. The van der Waals surface area contributed by atoms with Gasteiger partial charge >= 0.3 is 0 Å². The highest BCUT2D eigenvalue weighted by atomic mass is 16.4. The van der Waals surface area contributed by atoms with Crippen LogP contribution in [0, 0.1) is 5.92 Å². The molecular formula is C18H24N2O. The molecule has 1 fully saturated rings. The third kappa shape index (κ3) is 3.35. The van der Waals surface area contributed by atoms with Crippen molar-refractivity contribution in [1.82, 2.24) is 9.88 Å². The number of nitrogens with zero attached hydrogens (tertiary/aromatic N) is 2. The average molecular weight is 284 g/mol. The number of hydrogen-bond acceptors (Lipinski definition) is 3. The smallest absolute Gasteiger partial charge is 0.202 e. The van der Waals surface area contributed by atoms with E-state index in [4.69, 9.17) is 4.42 Å². The van der Waals surface area contributed by atoms with Crippen LogP contribution in [0.2, 0.25) is 0 Å². The summed E-state index contributed by atoms with van der Waals surface area (Å²) in [5, 5.41) is 0. The molecular weight excluding hydrogens is 260 g/mol. The fourth-order valence-electron chi connectivity index (χ4n) is 3.42. The quantitative estimate of drug-likeness (QED) is 0.829. The lowest BCUT2D eigenvalue weighted by Crippen LogP contribution is -2.12. The Balaban J connectivity index is 1.89. The van der Waals surface area contributed by atoms with Gasteiger partial charge in [0, 0.05) is 0 Å². The van der Waals surface area contributed by atoms with Crippen LogP contribution >= 0.6 is 0 Å². The molecule has 3 rings (SSSR count). The van der Waals surface area contributed by atoms with Gasteiger partial charge in [-0.15, -0.1) is 0 Å². The normalized spacial score (nSPS) is 17.5. The van der Waals surface area contributed by atoms with Crippen molar-refractivity contribution < 1.29 is 4.42 Å². The van der Waals surface area contributed by atoms with Crippen LogP contribution in [0.25, 0.3) is 0 Å². The van der Waals surface area contributed by atoms with E-state index in [1.54, 1.807) is 0 Å². The van der Waals surface area contributed by atoms with Crippen molar-refractivity contribution in [3.05, 3.63) is 53.7 Å². The molecule has 21 heavy (non-hydrogen) atoms. The SMILES string of the molecule is CN(C)Cc1cnc(C(c2ccccc2)C2CCCC2)o1. The van der Waals surface area contributed by atoms with E-state index in [2.05, 4.69) is 40.2 Å². The van der Waals surface area contributed by atoms with E-state index >= 15 is 0 Å². The van der Waals surface area contributed by atoms with Crippen LogP contribution in [0.4, 0.5) is 0 Å². The van der Waals surface area contributed by atoms with Gasteiger partial charge in [0.15, 0.2) is 0 Å². The van der Waals surface area contributed by atoms with Crippen LogP contribution in [0.15, 0.2) is 40.9 Å². The number of aromatic nitrogens is 1. The molecule has 1 heterocycles. The van der Waals surface area contributed by atoms with Crippen LogP contribution in [0.5, 0.6) is 0 Å². The van der Waals surface area contributed by atoms with E-state index in [0.29, 0.717) is 11.8 Å². The lowest BCUT2D eigenvalue weighted by Gasteiger charge is -2.21. The molecule has 112 valence electrons. The third-order valence-electron chi connectivity index (χ3n) is 4.34. The fraction of sp³-hybridized carbons (Fsp3) is 0.500. The van der Waals surface area contributed by atoms with Crippen LogP contribution in [0.1, 0.15) is 48.8 Å². The summed E-state index contributed by atoms with van der Waals surface area (Å²) in [5.41, 5.74) is 1.34. The highest BCUT2D eigenvalue weighted by Gasteiger charge is 2.31. The summed E-state index contributed by atoms with van der Waals surface area (Å²) >= 11 is 0. The summed E-state index contributed by atoms with van der Waals surface area (Å²) in [4.78, 5) is 6.71. The molecule has 1 aromatic heterocycles. The van der Waals surface area contributed by atoms with Gasteiger partial charge in [0.05, 0.1) is 18.7 Å². The summed E-state index contributed by atoms with van der Waals surface area (Å²) in [6.07, 6.45) is 7.12. The topological polar surface area (TPSA) is 29.3 Å². The fourth-order valence-corrected chi connectivity index (χ4v) is 3.42. The molecule has 0 saturated heterocycles. The molecule has 1 aromatic carbocycles. The maximum absolute atomic E-state index is 6.07. The Morgan fingerprint density at radius 2 is 1.90 bits per heavy atom. The first kappa shape index (κ1) is 14.3. The monoisotopic (exact) mass is 284 g/mol. The van der Waals surface area contributed by atoms with Crippen molar-refractivity contribution in [2.45, 2.75) is 38.1 Å². The van der Waals surface area contributed by atoms with Crippen molar-refractivity contribution in [3.8, 4) is 0 Å². The summed E-state index contributed by atoms with van der Waals surface area (Å²) in [7, 11) is 4.10. The Kier molecular flexibility index (Phi) is 4.39. The van der Waals surface area contributed by atoms with Crippen LogP contribution in [0.3, 0.4) is 0 Å². The Labute approximate surface area is 127 Å². The van der Waals surface area contributed by atoms with E-state index in [9.17, 15) is 0 Å². The van der Waals surface area contributed by atoms with Gasteiger partial charge < -0.3 is 9.32 Å². The molecule has 1 aliphatic carbocycles. The lowest BCUT2D eigenvalue weighted by molar-refractivity contribution is 0.321. The highest BCUT2D eigenvalue weighted by Crippen LogP contribution is 2.41. The summed E-state index contributed by atoms with van der Waals surface area (Å²) in [6, 6.07) is 10.7. The van der Waals surface area contributed by atoms with Gasteiger partial charge in [0.1, 0.15) is 5.76 Å². The second kappa shape index (κ2) is 6.44. The predicted molar refractivity (Wildman–Crippen MR) is 84.1 cm³/mol. The molecule has 1 atom stereocenters. The van der Waals surface area contributed by atoms with E-state index in [-0.39, 0.29) is 0 Å². The molecule has 1 unspecified atom stereocenters. The molecule has 0 radical (unpaired) electrons. The summed E-state index contributed by atoms with van der Waals surface area (Å²) in [6.45, 7) is 0.805. The van der Waals surface area contributed by atoms with Crippen LogP contribution in [-0.2, 0) is 6.54 Å². The van der Waals surface area contributed by atoms with Gasteiger partial charge in [-0.1, -0.05) is 43.2 Å². The predicted octanol–water partition coefficient (Wildman–Crippen LogP) is 4.06. The van der Waals surface area contributed by atoms with Crippen molar-refractivity contribution in [3.63, 3.8) is 0 Å². The molecule has 3 nitrogen and oxygen atoms in total. The number of oxazole rings is 1. The Morgan fingerprint density at radius 3 is 2.57 bits per heavy atom. The van der Waals surface area contributed by atoms with Crippen molar-refractivity contribution in [1.29, 1.82) is 0 Å². The number of hydrogen-bond donors (Lipinski definition) is 0. The van der Waals surface area contributed by atoms with Crippen LogP contribution < -0.4 is 0 Å². The van der Waals surface area contributed by atoms with E-state index in [0.717, 1.165) is 18.2 Å². The first-order valence-corrected chi connectivity index (χ1v) is 7.88. The highest BCUT2D eigenvalue weighted by molar-refractivity contribution is 5.26. The molecule has 1 aliphatic rings. The number of benzene rings is 1. The second-order valence-electron chi connectivity index (χ2n) is 6.34. The van der Waals surface area contributed by atoms with Gasteiger partial charge in [-0.2, -0.15) is 0 Å². The van der Waals surface area contributed by atoms with Gasteiger partial charge in [0.25, 0.3) is 0 Å². The standard InChI is InChI=1S/C18H24N2O/c1-20(2)13-16-12-19-18(21-16)17(15-10-6-7-11-15)14-8-4-3-5-9-14/h3-5,8-9,12,15,17H,6-7,10-11,13H2,1-2H3. The van der Waals surface area contributed by atoms with Crippen molar-refractivity contribution in [2.75, 3.05) is 14.1 Å². The molecule has 0 N–H and O–H groups in total. The number of rotatable bonds is 5. The third-order valence-corrected chi connectivity index (χ3v) is 4.34. The van der Waals surface area contributed by atoms with Gasteiger partial charge in [-0.05, 0) is 38.4 Å². The maximum Gasteiger partial charge on any atom is 0.202 e. The molecule has 2 aromatic rings. The zero-order chi connectivity index (χ0) is 14.7. The Morgan fingerprint density at radius 1 is 1.19 bits per heavy atom. The van der Waals surface area contributed by atoms with Gasteiger partial charge in [-0.25, -0.2) is 4.98 Å². The Hall–Kier alpha value is -1.61. The molecule has 0 aliphatic heterocycles. The summed E-state index contributed by atoms with van der Waals surface area (Å²) < 4.78 is 6.07. The van der Waals surface area contributed by atoms with Gasteiger partial charge in [-0.3, -0.25) is 0 Å². The lowest BCUT2D eigenvalue weighted by atomic mass is 9.85. The largest absolute Gasteiger partial charge is 0.444 e. The van der Waals surface area contributed by atoms with E-state index in [1.807, 2.05) is 20.3 Å². The molecule has 0 bridgehead atoms. The molecule has 0 spiro atoms. The minimum absolute atomic E-state index is 0.310. The maximum atomic E-state index is 6.07. The van der Waals surface area contributed by atoms with Crippen molar-refractivity contribution >= 4 is 0 Å². The first-order chi connectivity index (χ1) is 10.2. The van der Waals surface area contributed by atoms with Gasteiger partial charge in [0.2, 0.25) is 5.89 Å². The van der Waals surface area contributed by atoms with Crippen molar-refractivity contribution in [2.24, 2.45) is 5.92 Å². The molecule has 3 heteroatoms. The average Bonchev–Trinajstić information content (AvgIpc) is 3.13. The molecule has 1 saturated carbocycles. The van der Waals surface area contributed by atoms with E-state index < -0.39 is 0 Å². The molecule has 0 amide bonds. The zero-order valence-corrected chi connectivity index (χ0v) is 13.0. The minimum atomic E-state index is 0.310. The Bertz CT molecular complexity index is 556.